The van der Waals surface area contributed by atoms with Crippen molar-refractivity contribution in [1.82, 2.24) is 14.8 Å². The molecular weight excluding hydrogens is 554 g/mol. The van der Waals surface area contributed by atoms with Crippen molar-refractivity contribution >= 4 is 12.0 Å². The normalized spacial score (nSPS) is 18.5. The Balaban J connectivity index is 1.40. The molecule has 8 heteroatoms. The highest BCUT2D eigenvalue weighted by Crippen LogP contribution is 2.39. The smallest absolute Gasteiger partial charge is 0.410 e. The van der Waals surface area contributed by atoms with Gasteiger partial charge in [-0.05, 0) is 100 Å². The largest absolute Gasteiger partial charge is 0.489 e. The number of hydrogen-bond donors (Lipinski definition) is 0. The molecule has 1 saturated carbocycles. The lowest BCUT2D eigenvalue weighted by molar-refractivity contribution is -0.139. The number of nitrogens with zero attached hydrogens (tertiary/aromatic N) is 3. The van der Waals surface area contributed by atoms with Gasteiger partial charge in [0.1, 0.15) is 18.0 Å². The SMILES string of the molecule is COc1ccc(COc2cccc([C@H]3CCN(C(=O)OC(C)(C)C)C[C@@H]3C(=O)N(Cc3cccc(C)c3C)C3CC3)c2)cn1. The lowest BCUT2D eigenvalue weighted by Gasteiger charge is -2.40. The molecule has 0 N–H and O–H groups in total. The monoisotopic (exact) mass is 599 g/mol. The van der Waals surface area contributed by atoms with Gasteiger partial charge in [0.05, 0.1) is 13.0 Å². The minimum Gasteiger partial charge on any atom is -0.489 e. The van der Waals surface area contributed by atoms with E-state index in [1.165, 1.54) is 16.7 Å². The van der Waals surface area contributed by atoms with E-state index in [2.05, 4.69) is 48.0 Å². The molecular formula is C36H45N3O5. The van der Waals surface area contributed by atoms with Crippen LogP contribution >= 0.6 is 0 Å². The molecule has 2 aliphatic rings. The van der Waals surface area contributed by atoms with E-state index in [4.69, 9.17) is 14.2 Å². The number of hydrogen-bond acceptors (Lipinski definition) is 6. The Morgan fingerprint density at radius 2 is 1.80 bits per heavy atom. The van der Waals surface area contributed by atoms with Gasteiger partial charge >= 0.3 is 6.09 Å². The van der Waals surface area contributed by atoms with Crippen molar-refractivity contribution in [2.75, 3.05) is 20.2 Å². The number of ether oxygens (including phenoxy) is 3. The van der Waals surface area contributed by atoms with Gasteiger partial charge < -0.3 is 24.0 Å². The highest BCUT2D eigenvalue weighted by molar-refractivity contribution is 5.82. The van der Waals surface area contributed by atoms with Crippen LogP contribution in [0.15, 0.2) is 60.8 Å². The Labute approximate surface area is 261 Å². The molecule has 2 amide bonds. The van der Waals surface area contributed by atoms with Crippen LogP contribution < -0.4 is 9.47 Å². The van der Waals surface area contributed by atoms with E-state index in [1.54, 1.807) is 18.2 Å². The average Bonchev–Trinajstić information content (AvgIpc) is 3.85. The summed E-state index contributed by atoms with van der Waals surface area (Å²) in [5.74, 6) is 0.924. The molecule has 1 aliphatic carbocycles. The number of benzene rings is 2. The third kappa shape index (κ3) is 7.71. The molecule has 2 atom stereocenters. The first-order chi connectivity index (χ1) is 21.0. The van der Waals surface area contributed by atoms with E-state index in [0.29, 0.717) is 38.5 Å². The summed E-state index contributed by atoms with van der Waals surface area (Å²) in [6.07, 6.45) is 4.04. The third-order valence-electron chi connectivity index (χ3n) is 8.61. The predicted octanol–water partition coefficient (Wildman–Crippen LogP) is 6.82. The van der Waals surface area contributed by atoms with E-state index < -0.39 is 11.5 Å². The maximum atomic E-state index is 14.6. The lowest BCUT2D eigenvalue weighted by Crippen LogP contribution is -2.51. The van der Waals surface area contributed by atoms with Crippen LogP contribution in [0.3, 0.4) is 0 Å². The van der Waals surface area contributed by atoms with Crippen molar-refractivity contribution in [2.24, 2.45) is 5.92 Å². The predicted molar refractivity (Wildman–Crippen MR) is 170 cm³/mol. The third-order valence-corrected chi connectivity index (χ3v) is 8.61. The fourth-order valence-corrected chi connectivity index (χ4v) is 5.87. The molecule has 1 aliphatic heterocycles. The topological polar surface area (TPSA) is 81.2 Å². The minimum absolute atomic E-state index is 0.0627. The van der Waals surface area contributed by atoms with E-state index in [-0.39, 0.29) is 24.0 Å². The average molecular weight is 600 g/mol. The Bertz CT molecular complexity index is 1460. The quantitative estimate of drug-likeness (QED) is 0.269. The summed E-state index contributed by atoms with van der Waals surface area (Å²) in [5.41, 5.74) is 4.98. The van der Waals surface area contributed by atoms with Gasteiger partial charge in [-0.2, -0.15) is 0 Å². The molecule has 2 aromatic carbocycles. The first kappa shape index (κ1) is 31.4. The first-order valence-electron chi connectivity index (χ1n) is 15.6. The van der Waals surface area contributed by atoms with Crippen molar-refractivity contribution in [2.45, 2.75) is 84.6 Å². The van der Waals surface area contributed by atoms with Crippen LogP contribution in [0.5, 0.6) is 11.6 Å². The zero-order valence-electron chi connectivity index (χ0n) is 26.8. The van der Waals surface area contributed by atoms with Crippen molar-refractivity contribution in [3.8, 4) is 11.6 Å². The molecule has 234 valence electrons. The van der Waals surface area contributed by atoms with Crippen LogP contribution in [0.1, 0.15) is 73.8 Å². The van der Waals surface area contributed by atoms with Gasteiger partial charge in [0, 0.05) is 43.5 Å². The van der Waals surface area contributed by atoms with Crippen LogP contribution in [0.2, 0.25) is 0 Å². The molecule has 0 spiro atoms. The molecule has 8 nitrogen and oxygen atoms in total. The standard InChI is InChI=1S/C36H45N3O5/c1-24-9-7-11-28(25(24)2)21-39(29-14-15-29)34(40)32-22-38(35(41)44-36(3,4)5)18-17-31(32)27-10-8-12-30(19-27)43-23-26-13-16-33(42-6)37-20-26/h7-13,16,19-20,29,31-32H,14-15,17-18,21-23H2,1-6H3/t31-,32+/m1/s1. The number of aryl methyl sites for hydroxylation is 1. The Hall–Kier alpha value is -4.07. The second-order valence-corrected chi connectivity index (χ2v) is 13.1. The van der Waals surface area contributed by atoms with E-state index in [0.717, 1.165) is 29.7 Å². The van der Waals surface area contributed by atoms with Gasteiger partial charge in [-0.25, -0.2) is 9.78 Å². The van der Waals surface area contributed by atoms with Crippen LogP contribution in [0.4, 0.5) is 4.79 Å². The first-order valence-corrected chi connectivity index (χ1v) is 15.6. The summed E-state index contributed by atoms with van der Waals surface area (Å²) in [5, 5.41) is 0. The summed E-state index contributed by atoms with van der Waals surface area (Å²) in [6.45, 7) is 11.6. The molecule has 2 heterocycles. The maximum Gasteiger partial charge on any atom is 0.410 e. The number of carbonyl (C=O) groups excluding carboxylic acids is 2. The molecule has 1 saturated heterocycles. The fraction of sp³-hybridized carbons (Fsp3) is 0.472. The van der Waals surface area contributed by atoms with Gasteiger partial charge in [-0.1, -0.05) is 30.3 Å². The summed E-state index contributed by atoms with van der Waals surface area (Å²) >= 11 is 0. The molecule has 44 heavy (non-hydrogen) atoms. The van der Waals surface area contributed by atoms with Crippen LogP contribution in [0.25, 0.3) is 0 Å². The van der Waals surface area contributed by atoms with Gasteiger partial charge in [0.2, 0.25) is 11.8 Å². The highest BCUT2D eigenvalue weighted by Gasteiger charge is 2.43. The van der Waals surface area contributed by atoms with Crippen molar-refractivity contribution in [3.05, 3.63) is 88.6 Å². The summed E-state index contributed by atoms with van der Waals surface area (Å²) in [6, 6.07) is 18.3. The molecule has 3 aromatic rings. The van der Waals surface area contributed by atoms with Gasteiger partial charge in [-0.15, -0.1) is 0 Å². The van der Waals surface area contributed by atoms with E-state index in [1.807, 2.05) is 51.1 Å². The van der Waals surface area contributed by atoms with Crippen molar-refractivity contribution in [1.29, 1.82) is 0 Å². The number of carbonyl (C=O) groups is 2. The minimum atomic E-state index is -0.610. The second-order valence-electron chi connectivity index (χ2n) is 13.1. The number of methoxy groups -OCH3 is 1. The van der Waals surface area contributed by atoms with Crippen molar-refractivity contribution < 1.29 is 23.8 Å². The zero-order valence-corrected chi connectivity index (χ0v) is 26.8. The maximum absolute atomic E-state index is 14.6. The zero-order chi connectivity index (χ0) is 31.4. The summed E-state index contributed by atoms with van der Waals surface area (Å²) < 4.78 is 17.0. The number of piperidine rings is 1. The van der Waals surface area contributed by atoms with Gasteiger partial charge in [0.15, 0.2) is 0 Å². The van der Waals surface area contributed by atoms with Crippen LogP contribution in [0, 0.1) is 19.8 Å². The number of likely N-dealkylation sites (tertiary alicyclic amines) is 1. The highest BCUT2D eigenvalue weighted by atomic mass is 16.6. The molecule has 1 aromatic heterocycles. The van der Waals surface area contributed by atoms with E-state index >= 15 is 0 Å². The molecule has 0 radical (unpaired) electrons. The molecule has 0 bridgehead atoms. The summed E-state index contributed by atoms with van der Waals surface area (Å²) in [7, 11) is 1.59. The van der Waals surface area contributed by atoms with E-state index in [9.17, 15) is 9.59 Å². The number of aromatic nitrogens is 1. The second kappa shape index (κ2) is 13.3. The summed E-state index contributed by atoms with van der Waals surface area (Å²) in [4.78, 5) is 35.8. The molecule has 0 unspecified atom stereocenters. The van der Waals surface area contributed by atoms with Gasteiger partial charge in [0.25, 0.3) is 0 Å². The molecule has 2 fully saturated rings. The van der Waals surface area contributed by atoms with Gasteiger partial charge in [-0.3, -0.25) is 4.79 Å². The van der Waals surface area contributed by atoms with Crippen molar-refractivity contribution in [3.63, 3.8) is 0 Å². The Morgan fingerprint density at radius 1 is 1.02 bits per heavy atom. The number of rotatable bonds is 9. The van der Waals surface area contributed by atoms with Crippen LogP contribution in [-0.4, -0.2) is 58.6 Å². The Morgan fingerprint density at radius 3 is 2.48 bits per heavy atom. The number of amides is 2. The number of pyridine rings is 1. The molecule has 5 rings (SSSR count). The lowest BCUT2D eigenvalue weighted by atomic mass is 9.79. The Kier molecular flexibility index (Phi) is 9.47. The fourth-order valence-electron chi connectivity index (χ4n) is 5.87. The van der Waals surface area contributed by atoms with Crippen LogP contribution in [-0.2, 0) is 22.7 Å².